The maximum atomic E-state index is 12.5. The summed E-state index contributed by atoms with van der Waals surface area (Å²) >= 11 is 5.85. The van der Waals surface area contributed by atoms with Crippen LogP contribution in [0, 0.1) is 13.8 Å². The lowest BCUT2D eigenvalue weighted by molar-refractivity contribution is 0.0470. The number of rotatable bonds is 3. The third-order valence-corrected chi connectivity index (χ3v) is 4.07. The molecule has 0 N–H and O–H groups in total. The van der Waals surface area contributed by atoms with Crippen LogP contribution >= 0.6 is 11.6 Å². The van der Waals surface area contributed by atoms with Crippen LogP contribution in [0.1, 0.15) is 27.2 Å². The minimum absolute atomic E-state index is 0.210. The fraction of sp³-hybridized carbons (Fsp3) is 0.158. The summed E-state index contributed by atoms with van der Waals surface area (Å²) in [5.74, 6) is -0.354. The molecule has 3 aromatic rings. The molecular weight excluding hydrogens is 310 g/mol. The number of pyridine rings is 1. The van der Waals surface area contributed by atoms with Crippen LogP contribution < -0.4 is 0 Å². The Labute approximate surface area is 139 Å². The predicted molar refractivity (Wildman–Crippen MR) is 91.8 cm³/mol. The van der Waals surface area contributed by atoms with Gasteiger partial charge in [0, 0.05) is 10.4 Å². The van der Waals surface area contributed by atoms with E-state index in [0.717, 1.165) is 22.0 Å². The minimum Gasteiger partial charge on any atom is -0.457 e. The SMILES string of the molecule is Cc1nc2ccccc2c(C)c1C(=O)OCc1ccc(Cl)cc1. The number of hydrogen-bond donors (Lipinski definition) is 0. The van der Waals surface area contributed by atoms with Crippen molar-refractivity contribution in [1.82, 2.24) is 4.98 Å². The molecule has 0 aliphatic heterocycles. The standard InChI is InChI=1S/C19H16ClNO2/c1-12-16-5-3-4-6-17(16)21-13(2)18(12)19(22)23-11-14-7-9-15(20)10-8-14/h3-10H,11H2,1-2H3. The average molecular weight is 326 g/mol. The van der Waals surface area contributed by atoms with Gasteiger partial charge in [-0.15, -0.1) is 0 Å². The molecule has 1 heterocycles. The molecule has 3 nitrogen and oxygen atoms in total. The van der Waals surface area contributed by atoms with Gasteiger partial charge in [-0.1, -0.05) is 41.9 Å². The first-order valence-corrected chi connectivity index (χ1v) is 7.71. The molecule has 0 spiro atoms. The maximum absolute atomic E-state index is 12.5. The van der Waals surface area contributed by atoms with Gasteiger partial charge in [0.15, 0.2) is 0 Å². The molecule has 0 bridgehead atoms. The van der Waals surface area contributed by atoms with Crippen molar-refractivity contribution < 1.29 is 9.53 Å². The first-order valence-electron chi connectivity index (χ1n) is 7.34. The largest absolute Gasteiger partial charge is 0.457 e. The third kappa shape index (κ3) is 3.20. The molecule has 0 saturated heterocycles. The second kappa shape index (κ2) is 6.39. The zero-order valence-electron chi connectivity index (χ0n) is 13.0. The molecule has 0 atom stereocenters. The fourth-order valence-corrected chi connectivity index (χ4v) is 2.76. The van der Waals surface area contributed by atoms with E-state index in [2.05, 4.69) is 4.98 Å². The highest BCUT2D eigenvalue weighted by Gasteiger charge is 2.17. The lowest BCUT2D eigenvalue weighted by Gasteiger charge is -2.12. The van der Waals surface area contributed by atoms with Gasteiger partial charge in [-0.2, -0.15) is 0 Å². The number of benzene rings is 2. The van der Waals surface area contributed by atoms with Gasteiger partial charge in [0.05, 0.1) is 16.8 Å². The predicted octanol–water partition coefficient (Wildman–Crippen LogP) is 4.86. The molecule has 4 heteroatoms. The number of para-hydroxylation sites is 1. The van der Waals surface area contributed by atoms with Crippen molar-refractivity contribution in [2.45, 2.75) is 20.5 Å². The number of fused-ring (bicyclic) bond motifs is 1. The van der Waals surface area contributed by atoms with Crippen LogP contribution in [0.4, 0.5) is 0 Å². The van der Waals surface area contributed by atoms with E-state index in [0.29, 0.717) is 16.3 Å². The first-order chi connectivity index (χ1) is 11.1. The van der Waals surface area contributed by atoms with E-state index < -0.39 is 0 Å². The van der Waals surface area contributed by atoms with Crippen LogP contribution in [0.2, 0.25) is 5.02 Å². The minimum atomic E-state index is -0.354. The number of carbonyl (C=O) groups excluding carboxylic acids is 1. The summed E-state index contributed by atoms with van der Waals surface area (Å²) in [7, 11) is 0. The number of aromatic nitrogens is 1. The van der Waals surface area contributed by atoms with Gasteiger partial charge in [-0.05, 0) is 43.2 Å². The van der Waals surface area contributed by atoms with Crippen LogP contribution in [0.5, 0.6) is 0 Å². The molecule has 0 saturated carbocycles. The number of carbonyl (C=O) groups is 1. The molecule has 0 aliphatic carbocycles. The zero-order chi connectivity index (χ0) is 16.4. The Morgan fingerprint density at radius 2 is 1.78 bits per heavy atom. The molecule has 116 valence electrons. The molecule has 1 aromatic heterocycles. The zero-order valence-corrected chi connectivity index (χ0v) is 13.7. The number of ether oxygens (including phenoxy) is 1. The lowest BCUT2D eigenvalue weighted by atomic mass is 10.0. The van der Waals surface area contributed by atoms with E-state index in [1.807, 2.05) is 50.2 Å². The number of halogens is 1. The van der Waals surface area contributed by atoms with Crippen molar-refractivity contribution >= 4 is 28.5 Å². The van der Waals surface area contributed by atoms with Gasteiger partial charge in [0.25, 0.3) is 0 Å². The van der Waals surface area contributed by atoms with Crippen molar-refractivity contribution in [3.8, 4) is 0 Å². The Bertz CT molecular complexity index is 872. The first kappa shape index (κ1) is 15.5. The Morgan fingerprint density at radius 3 is 2.52 bits per heavy atom. The van der Waals surface area contributed by atoms with E-state index in [4.69, 9.17) is 16.3 Å². The smallest absolute Gasteiger partial charge is 0.340 e. The second-order valence-corrected chi connectivity index (χ2v) is 5.85. The summed E-state index contributed by atoms with van der Waals surface area (Å²) in [6, 6.07) is 15.0. The lowest BCUT2D eigenvalue weighted by Crippen LogP contribution is -2.11. The van der Waals surface area contributed by atoms with E-state index in [1.165, 1.54) is 0 Å². The molecule has 0 aliphatic rings. The van der Waals surface area contributed by atoms with Crippen LogP contribution in [0.25, 0.3) is 10.9 Å². The number of esters is 1. The molecule has 0 fully saturated rings. The molecule has 0 unspecified atom stereocenters. The van der Waals surface area contributed by atoms with Crippen molar-refractivity contribution in [1.29, 1.82) is 0 Å². The van der Waals surface area contributed by atoms with Gasteiger partial charge < -0.3 is 4.74 Å². The maximum Gasteiger partial charge on any atom is 0.340 e. The fourth-order valence-electron chi connectivity index (χ4n) is 2.63. The Morgan fingerprint density at radius 1 is 1.09 bits per heavy atom. The summed E-state index contributed by atoms with van der Waals surface area (Å²) in [5, 5.41) is 1.63. The molecule has 3 rings (SSSR count). The van der Waals surface area contributed by atoms with E-state index in [1.54, 1.807) is 12.1 Å². The topological polar surface area (TPSA) is 39.2 Å². The van der Waals surface area contributed by atoms with Crippen molar-refractivity contribution in [3.05, 3.63) is 75.9 Å². The highest BCUT2D eigenvalue weighted by Crippen LogP contribution is 2.23. The quantitative estimate of drug-likeness (QED) is 0.645. The van der Waals surface area contributed by atoms with Crippen molar-refractivity contribution in [2.24, 2.45) is 0 Å². The van der Waals surface area contributed by atoms with E-state index in [-0.39, 0.29) is 12.6 Å². The van der Waals surface area contributed by atoms with Gasteiger partial charge >= 0.3 is 5.97 Å². The number of nitrogens with zero attached hydrogens (tertiary/aromatic N) is 1. The summed E-state index contributed by atoms with van der Waals surface area (Å²) in [4.78, 5) is 17.0. The Hall–Kier alpha value is -2.39. The molecule has 0 radical (unpaired) electrons. The Balaban J connectivity index is 1.87. The van der Waals surface area contributed by atoms with Crippen molar-refractivity contribution in [2.75, 3.05) is 0 Å². The number of hydrogen-bond acceptors (Lipinski definition) is 3. The van der Waals surface area contributed by atoms with Crippen LogP contribution in [0.3, 0.4) is 0 Å². The average Bonchev–Trinajstić information content (AvgIpc) is 2.54. The summed E-state index contributed by atoms with van der Waals surface area (Å²) < 4.78 is 5.44. The molecule has 2 aromatic carbocycles. The van der Waals surface area contributed by atoms with Crippen LogP contribution in [0.15, 0.2) is 48.5 Å². The van der Waals surface area contributed by atoms with Gasteiger partial charge in [-0.25, -0.2) is 4.79 Å². The van der Waals surface area contributed by atoms with E-state index >= 15 is 0 Å². The summed E-state index contributed by atoms with van der Waals surface area (Å²) in [6.07, 6.45) is 0. The van der Waals surface area contributed by atoms with Gasteiger partial charge in [0.2, 0.25) is 0 Å². The monoisotopic (exact) mass is 325 g/mol. The molecule has 0 amide bonds. The molecular formula is C19H16ClNO2. The van der Waals surface area contributed by atoms with Crippen molar-refractivity contribution in [3.63, 3.8) is 0 Å². The van der Waals surface area contributed by atoms with E-state index in [9.17, 15) is 4.79 Å². The van der Waals surface area contributed by atoms with Gasteiger partial charge in [0.1, 0.15) is 6.61 Å². The Kier molecular flexibility index (Phi) is 4.30. The highest BCUT2D eigenvalue weighted by atomic mass is 35.5. The summed E-state index contributed by atoms with van der Waals surface area (Å²) in [6.45, 7) is 3.97. The van der Waals surface area contributed by atoms with Gasteiger partial charge in [-0.3, -0.25) is 4.98 Å². The molecule has 23 heavy (non-hydrogen) atoms. The number of aryl methyl sites for hydroxylation is 2. The normalized spacial score (nSPS) is 10.7. The third-order valence-electron chi connectivity index (χ3n) is 3.82. The summed E-state index contributed by atoms with van der Waals surface area (Å²) in [5.41, 5.74) is 3.90. The van der Waals surface area contributed by atoms with Crippen LogP contribution in [-0.4, -0.2) is 11.0 Å². The van der Waals surface area contributed by atoms with Crippen LogP contribution in [-0.2, 0) is 11.3 Å². The second-order valence-electron chi connectivity index (χ2n) is 5.42. The highest BCUT2D eigenvalue weighted by molar-refractivity contribution is 6.30.